The van der Waals surface area contributed by atoms with Crippen molar-refractivity contribution in [1.29, 1.82) is 0 Å². The van der Waals surface area contributed by atoms with E-state index in [2.05, 4.69) is 49.3 Å². The highest BCUT2D eigenvalue weighted by molar-refractivity contribution is 7.11. The van der Waals surface area contributed by atoms with Gasteiger partial charge in [-0.3, -0.25) is 0 Å². The SMILES string of the molecule is CNC(Cc1nc(C)c(C)s1)c1ccc(C)cc1OC. The Morgan fingerprint density at radius 2 is 2.05 bits per heavy atom. The molecule has 0 saturated heterocycles. The van der Waals surface area contributed by atoms with E-state index in [0.29, 0.717) is 0 Å². The molecule has 1 aromatic carbocycles. The van der Waals surface area contributed by atoms with Crippen molar-refractivity contribution in [2.24, 2.45) is 0 Å². The van der Waals surface area contributed by atoms with Gasteiger partial charge in [0.15, 0.2) is 0 Å². The number of methoxy groups -OCH3 is 1. The summed E-state index contributed by atoms with van der Waals surface area (Å²) in [4.78, 5) is 5.93. The van der Waals surface area contributed by atoms with E-state index in [1.165, 1.54) is 21.0 Å². The largest absolute Gasteiger partial charge is 0.496 e. The predicted molar refractivity (Wildman–Crippen MR) is 84.8 cm³/mol. The third-order valence-corrected chi connectivity index (χ3v) is 4.66. The van der Waals surface area contributed by atoms with Crippen molar-refractivity contribution in [2.45, 2.75) is 33.2 Å². The second kappa shape index (κ2) is 6.37. The lowest BCUT2D eigenvalue weighted by atomic mass is 10.0. The van der Waals surface area contributed by atoms with Crippen LogP contribution >= 0.6 is 11.3 Å². The summed E-state index contributed by atoms with van der Waals surface area (Å²) in [5.41, 5.74) is 3.53. The zero-order valence-corrected chi connectivity index (χ0v) is 13.6. The molecule has 4 heteroatoms. The molecule has 108 valence electrons. The lowest BCUT2D eigenvalue weighted by molar-refractivity contribution is 0.401. The van der Waals surface area contributed by atoms with Crippen LogP contribution in [0.2, 0.25) is 0 Å². The van der Waals surface area contributed by atoms with E-state index in [1.807, 2.05) is 7.05 Å². The van der Waals surface area contributed by atoms with Crippen LogP contribution in [-0.2, 0) is 6.42 Å². The third kappa shape index (κ3) is 3.19. The fourth-order valence-corrected chi connectivity index (χ4v) is 3.25. The Hall–Kier alpha value is -1.39. The molecule has 1 N–H and O–H groups in total. The summed E-state index contributed by atoms with van der Waals surface area (Å²) in [6, 6.07) is 6.57. The lowest BCUT2D eigenvalue weighted by Crippen LogP contribution is -2.19. The van der Waals surface area contributed by atoms with Crippen LogP contribution in [0.15, 0.2) is 18.2 Å². The second-order valence-corrected chi connectivity index (χ2v) is 6.33. The topological polar surface area (TPSA) is 34.2 Å². The highest BCUT2D eigenvalue weighted by Gasteiger charge is 2.17. The molecule has 0 radical (unpaired) electrons. The molecular weight excluding hydrogens is 268 g/mol. The number of rotatable bonds is 5. The number of thiazole rings is 1. The highest BCUT2D eigenvalue weighted by Crippen LogP contribution is 2.30. The molecular formula is C16H22N2OS. The van der Waals surface area contributed by atoms with Crippen LogP contribution in [0.25, 0.3) is 0 Å². The Labute approximate surface area is 125 Å². The van der Waals surface area contributed by atoms with E-state index < -0.39 is 0 Å². The molecule has 1 atom stereocenters. The molecule has 1 heterocycles. The van der Waals surface area contributed by atoms with Crippen LogP contribution in [0.3, 0.4) is 0 Å². The van der Waals surface area contributed by atoms with E-state index in [-0.39, 0.29) is 6.04 Å². The summed E-state index contributed by atoms with van der Waals surface area (Å²) in [5.74, 6) is 0.939. The summed E-state index contributed by atoms with van der Waals surface area (Å²) >= 11 is 1.78. The number of aryl methyl sites for hydroxylation is 3. The zero-order valence-electron chi connectivity index (χ0n) is 12.8. The minimum Gasteiger partial charge on any atom is -0.496 e. The van der Waals surface area contributed by atoms with Gasteiger partial charge >= 0.3 is 0 Å². The summed E-state index contributed by atoms with van der Waals surface area (Å²) in [7, 11) is 3.71. The van der Waals surface area contributed by atoms with Crippen molar-refractivity contribution in [3.8, 4) is 5.75 Å². The predicted octanol–water partition coefficient (Wildman–Crippen LogP) is 3.58. The second-order valence-electron chi connectivity index (χ2n) is 5.04. The highest BCUT2D eigenvalue weighted by atomic mass is 32.1. The van der Waals surface area contributed by atoms with Gasteiger partial charge in [0.1, 0.15) is 5.75 Å². The normalized spacial score (nSPS) is 12.4. The standard InChI is InChI=1S/C16H22N2OS/c1-10-6-7-13(15(8-10)19-5)14(17-4)9-16-18-11(2)12(3)20-16/h6-8,14,17H,9H2,1-5H3. The first-order chi connectivity index (χ1) is 9.55. The Balaban J connectivity index is 2.28. The Kier molecular flexibility index (Phi) is 4.78. The fraction of sp³-hybridized carbons (Fsp3) is 0.438. The van der Waals surface area contributed by atoms with Crippen molar-refractivity contribution in [3.63, 3.8) is 0 Å². The monoisotopic (exact) mass is 290 g/mol. The maximum atomic E-state index is 5.52. The first-order valence-electron chi connectivity index (χ1n) is 6.80. The van der Waals surface area contributed by atoms with Crippen LogP contribution in [0.5, 0.6) is 5.75 Å². The summed E-state index contributed by atoms with van der Waals surface area (Å²) < 4.78 is 5.52. The maximum absolute atomic E-state index is 5.52. The van der Waals surface area contributed by atoms with Gasteiger partial charge in [-0.25, -0.2) is 4.98 Å². The van der Waals surface area contributed by atoms with E-state index in [0.717, 1.165) is 17.9 Å². The minimum absolute atomic E-state index is 0.218. The third-order valence-electron chi connectivity index (χ3n) is 3.56. The fourth-order valence-electron chi connectivity index (χ4n) is 2.27. The number of hydrogen-bond acceptors (Lipinski definition) is 4. The molecule has 0 aliphatic heterocycles. The molecule has 0 bridgehead atoms. The van der Waals surface area contributed by atoms with Gasteiger partial charge in [0.25, 0.3) is 0 Å². The zero-order chi connectivity index (χ0) is 14.7. The van der Waals surface area contributed by atoms with E-state index in [1.54, 1.807) is 18.4 Å². The molecule has 2 aromatic rings. The Bertz CT molecular complexity index is 573. The van der Waals surface area contributed by atoms with Crippen molar-refractivity contribution < 1.29 is 4.74 Å². The summed E-state index contributed by atoms with van der Waals surface area (Å²) in [6.45, 7) is 6.27. The van der Waals surface area contributed by atoms with Gasteiger partial charge in [-0.15, -0.1) is 11.3 Å². The first kappa shape index (κ1) is 15.0. The number of benzene rings is 1. The van der Waals surface area contributed by atoms with Gasteiger partial charge in [0.2, 0.25) is 0 Å². The summed E-state index contributed by atoms with van der Waals surface area (Å²) in [6.07, 6.45) is 0.884. The molecule has 0 aliphatic carbocycles. The van der Waals surface area contributed by atoms with Crippen molar-refractivity contribution in [2.75, 3.05) is 14.2 Å². The van der Waals surface area contributed by atoms with Gasteiger partial charge in [0.05, 0.1) is 17.8 Å². The van der Waals surface area contributed by atoms with E-state index in [4.69, 9.17) is 4.74 Å². The Morgan fingerprint density at radius 1 is 1.30 bits per heavy atom. The molecule has 20 heavy (non-hydrogen) atoms. The smallest absolute Gasteiger partial charge is 0.123 e. The summed E-state index contributed by atoms with van der Waals surface area (Å²) in [5, 5.41) is 4.54. The molecule has 0 fully saturated rings. The molecule has 0 saturated carbocycles. The van der Waals surface area contributed by atoms with Crippen LogP contribution in [0, 0.1) is 20.8 Å². The van der Waals surface area contributed by atoms with Crippen molar-refractivity contribution >= 4 is 11.3 Å². The first-order valence-corrected chi connectivity index (χ1v) is 7.61. The number of likely N-dealkylation sites (N-methyl/N-ethyl adjacent to an activating group) is 1. The van der Waals surface area contributed by atoms with Gasteiger partial charge < -0.3 is 10.1 Å². The van der Waals surface area contributed by atoms with Gasteiger partial charge in [-0.1, -0.05) is 12.1 Å². The maximum Gasteiger partial charge on any atom is 0.123 e. The van der Waals surface area contributed by atoms with Crippen LogP contribution in [-0.4, -0.2) is 19.1 Å². The van der Waals surface area contributed by atoms with Crippen LogP contribution < -0.4 is 10.1 Å². The molecule has 0 spiro atoms. The minimum atomic E-state index is 0.218. The lowest BCUT2D eigenvalue weighted by Gasteiger charge is -2.19. The molecule has 0 aliphatic rings. The number of nitrogens with zero attached hydrogens (tertiary/aromatic N) is 1. The van der Waals surface area contributed by atoms with Crippen molar-refractivity contribution in [1.82, 2.24) is 10.3 Å². The van der Waals surface area contributed by atoms with E-state index >= 15 is 0 Å². The molecule has 3 nitrogen and oxygen atoms in total. The van der Waals surface area contributed by atoms with Crippen LogP contribution in [0.4, 0.5) is 0 Å². The van der Waals surface area contributed by atoms with Gasteiger partial charge in [-0.05, 0) is 39.4 Å². The number of ether oxygens (including phenoxy) is 1. The van der Waals surface area contributed by atoms with Gasteiger partial charge in [0, 0.05) is 22.9 Å². The molecule has 1 aromatic heterocycles. The molecule has 1 unspecified atom stereocenters. The average Bonchev–Trinajstić information content (AvgIpc) is 2.75. The number of nitrogens with one attached hydrogen (secondary N) is 1. The molecule has 0 amide bonds. The quantitative estimate of drug-likeness (QED) is 0.914. The average molecular weight is 290 g/mol. The van der Waals surface area contributed by atoms with E-state index in [9.17, 15) is 0 Å². The van der Waals surface area contributed by atoms with Gasteiger partial charge in [-0.2, -0.15) is 0 Å². The number of aromatic nitrogens is 1. The van der Waals surface area contributed by atoms with Crippen LogP contribution in [0.1, 0.15) is 32.7 Å². The number of hydrogen-bond donors (Lipinski definition) is 1. The Morgan fingerprint density at radius 3 is 2.60 bits per heavy atom. The molecule has 2 rings (SSSR count). The van der Waals surface area contributed by atoms with Crippen molar-refractivity contribution in [3.05, 3.63) is 44.9 Å².